The van der Waals surface area contributed by atoms with Crippen molar-refractivity contribution in [2.24, 2.45) is 7.05 Å². The molecule has 3 aromatic rings. The zero-order valence-electron chi connectivity index (χ0n) is 10.7. The van der Waals surface area contributed by atoms with Crippen LogP contribution < -0.4 is 5.32 Å². The minimum atomic E-state index is -0.0626. The van der Waals surface area contributed by atoms with Crippen LogP contribution in [0.15, 0.2) is 40.9 Å². The Hall–Kier alpha value is -1.78. The molecule has 0 radical (unpaired) electrons. The van der Waals surface area contributed by atoms with E-state index in [-0.39, 0.29) is 6.04 Å². The van der Waals surface area contributed by atoms with Crippen molar-refractivity contribution in [2.75, 3.05) is 7.05 Å². The molecule has 19 heavy (non-hydrogen) atoms. The van der Waals surface area contributed by atoms with Gasteiger partial charge in [0.25, 0.3) is 0 Å². The Morgan fingerprint density at radius 3 is 2.84 bits per heavy atom. The zero-order valence-corrected chi connectivity index (χ0v) is 11.5. The zero-order chi connectivity index (χ0) is 13.4. The van der Waals surface area contributed by atoms with Crippen LogP contribution in [0.5, 0.6) is 0 Å². The number of furan rings is 1. The van der Waals surface area contributed by atoms with Crippen molar-refractivity contribution in [3.8, 4) is 0 Å². The first-order chi connectivity index (χ1) is 9.17. The Bertz CT molecular complexity index is 716. The lowest BCUT2D eigenvalue weighted by molar-refractivity contribution is 0.482. The molecular formula is C14H14ClN3O. The summed E-state index contributed by atoms with van der Waals surface area (Å²) in [5, 5.41) is 9.34. The molecule has 0 saturated carbocycles. The van der Waals surface area contributed by atoms with Crippen LogP contribution >= 0.6 is 11.6 Å². The number of halogens is 1. The Balaban J connectivity index is 2.06. The molecule has 1 N–H and O–H groups in total. The molecule has 2 aromatic heterocycles. The van der Waals surface area contributed by atoms with Gasteiger partial charge in [-0.15, -0.1) is 0 Å². The van der Waals surface area contributed by atoms with Gasteiger partial charge in [0.15, 0.2) is 0 Å². The second kappa shape index (κ2) is 4.72. The van der Waals surface area contributed by atoms with Crippen molar-refractivity contribution in [1.82, 2.24) is 15.1 Å². The normalized spacial score (nSPS) is 13.0. The van der Waals surface area contributed by atoms with E-state index in [1.54, 1.807) is 4.68 Å². The Morgan fingerprint density at radius 2 is 2.16 bits per heavy atom. The maximum absolute atomic E-state index is 5.99. The van der Waals surface area contributed by atoms with Crippen LogP contribution in [0.1, 0.15) is 17.5 Å². The van der Waals surface area contributed by atoms with E-state index in [9.17, 15) is 0 Å². The van der Waals surface area contributed by atoms with Gasteiger partial charge in [0, 0.05) is 23.7 Å². The first kappa shape index (κ1) is 12.3. The van der Waals surface area contributed by atoms with Crippen molar-refractivity contribution in [3.05, 3.63) is 53.0 Å². The third-order valence-electron chi connectivity index (χ3n) is 3.10. The van der Waals surface area contributed by atoms with Crippen LogP contribution in [0.3, 0.4) is 0 Å². The van der Waals surface area contributed by atoms with E-state index in [0.29, 0.717) is 5.02 Å². The monoisotopic (exact) mass is 275 g/mol. The number of benzene rings is 1. The van der Waals surface area contributed by atoms with Crippen LogP contribution in [0.2, 0.25) is 5.02 Å². The SMILES string of the molecule is CNC(c1ccn(C)n1)c1cc2cc(Cl)ccc2o1. The average Bonchev–Trinajstić information content (AvgIpc) is 2.96. The van der Waals surface area contributed by atoms with Crippen LogP contribution in [0.4, 0.5) is 0 Å². The standard InChI is InChI=1S/C14H14ClN3O/c1-16-14(11-5-6-18(2)17-11)13-8-9-7-10(15)3-4-12(9)19-13/h3-8,14,16H,1-2H3. The molecule has 1 atom stereocenters. The lowest BCUT2D eigenvalue weighted by Gasteiger charge is -2.10. The van der Waals surface area contributed by atoms with Crippen molar-refractivity contribution >= 4 is 22.6 Å². The van der Waals surface area contributed by atoms with Crippen molar-refractivity contribution in [2.45, 2.75) is 6.04 Å². The van der Waals surface area contributed by atoms with E-state index >= 15 is 0 Å². The van der Waals surface area contributed by atoms with Gasteiger partial charge in [-0.05, 0) is 37.4 Å². The van der Waals surface area contributed by atoms with Gasteiger partial charge in [0.1, 0.15) is 17.4 Å². The van der Waals surface area contributed by atoms with Crippen molar-refractivity contribution < 1.29 is 4.42 Å². The minimum absolute atomic E-state index is 0.0626. The predicted octanol–water partition coefficient (Wildman–Crippen LogP) is 3.13. The van der Waals surface area contributed by atoms with E-state index in [1.165, 1.54) is 0 Å². The quantitative estimate of drug-likeness (QED) is 0.799. The van der Waals surface area contributed by atoms with E-state index in [2.05, 4.69) is 10.4 Å². The Labute approximate surface area is 116 Å². The second-order valence-corrected chi connectivity index (χ2v) is 4.90. The maximum Gasteiger partial charge on any atom is 0.134 e. The van der Waals surface area contributed by atoms with Crippen LogP contribution in [-0.4, -0.2) is 16.8 Å². The molecule has 2 heterocycles. The highest BCUT2D eigenvalue weighted by Gasteiger charge is 2.19. The summed E-state index contributed by atoms with van der Waals surface area (Å²) >= 11 is 5.99. The summed E-state index contributed by atoms with van der Waals surface area (Å²) in [5.41, 5.74) is 1.76. The number of hydrogen-bond donors (Lipinski definition) is 1. The van der Waals surface area contributed by atoms with E-state index in [1.807, 2.05) is 50.6 Å². The smallest absolute Gasteiger partial charge is 0.134 e. The summed E-state index contributed by atoms with van der Waals surface area (Å²) in [6.07, 6.45) is 1.92. The Morgan fingerprint density at radius 1 is 1.32 bits per heavy atom. The number of nitrogens with one attached hydrogen (secondary N) is 1. The number of fused-ring (bicyclic) bond motifs is 1. The molecule has 0 amide bonds. The molecule has 0 aliphatic heterocycles. The van der Waals surface area contributed by atoms with Gasteiger partial charge >= 0.3 is 0 Å². The molecule has 0 saturated heterocycles. The fourth-order valence-corrected chi connectivity index (χ4v) is 2.38. The molecule has 5 heteroatoms. The third-order valence-corrected chi connectivity index (χ3v) is 3.34. The highest BCUT2D eigenvalue weighted by Crippen LogP contribution is 2.28. The highest BCUT2D eigenvalue weighted by atomic mass is 35.5. The second-order valence-electron chi connectivity index (χ2n) is 4.47. The molecular weight excluding hydrogens is 262 g/mol. The summed E-state index contributed by atoms with van der Waals surface area (Å²) in [7, 11) is 3.79. The van der Waals surface area contributed by atoms with Crippen molar-refractivity contribution in [1.29, 1.82) is 0 Å². The number of aromatic nitrogens is 2. The lowest BCUT2D eigenvalue weighted by atomic mass is 10.1. The summed E-state index contributed by atoms with van der Waals surface area (Å²) in [4.78, 5) is 0. The van der Waals surface area contributed by atoms with Gasteiger partial charge in [0.2, 0.25) is 0 Å². The van der Waals surface area contributed by atoms with E-state index < -0.39 is 0 Å². The fraction of sp³-hybridized carbons (Fsp3) is 0.214. The average molecular weight is 276 g/mol. The van der Waals surface area contributed by atoms with Gasteiger partial charge in [-0.3, -0.25) is 4.68 Å². The lowest BCUT2D eigenvalue weighted by Crippen LogP contribution is -2.17. The topological polar surface area (TPSA) is 43.0 Å². The largest absolute Gasteiger partial charge is 0.459 e. The molecule has 0 aliphatic rings. The van der Waals surface area contributed by atoms with Gasteiger partial charge in [-0.1, -0.05) is 11.6 Å². The number of hydrogen-bond acceptors (Lipinski definition) is 3. The molecule has 3 rings (SSSR count). The van der Waals surface area contributed by atoms with Crippen LogP contribution in [-0.2, 0) is 7.05 Å². The molecule has 0 bridgehead atoms. The summed E-state index contributed by atoms with van der Waals surface area (Å²) < 4.78 is 7.65. The summed E-state index contributed by atoms with van der Waals surface area (Å²) in [5.74, 6) is 0.832. The molecule has 0 fully saturated rings. The van der Waals surface area contributed by atoms with Crippen molar-refractivity contribution in [3.63, 3.8) is 0 Å². The summed E-state index contributed by atoms with van der Waals surface area (Å²) in [6, 6.07) is 9.51. The molecule has 1 unspecified atom stereocenters. The van der Waals surface area contributed by atoms with Gasteiger partial charge < -0.3 is 9.73 Å². The van der Waals surface area contributed by atoms with Gasteiger partial charge in [-0.2, -0.15) is 5.10 Å². The fourth-order valence-electron chi connectivity index (χ4n) is 2.20. The number of rotatable bonds is 3. The summed E-state index contributed by atoms with van der Waals surface area (Å²) in [6.45, 7) is 0. The molecule has 4 nitrogen and oxygen atoms in total. The maximum atomic E-state index is 5.99. The van der Waals surface area contributed by atoms with Gasteiger partial charge in [0.05, 0.1) is 5.69 Å². The molecule has 0 aliphatic carbocycles. The highest BCUT2D eigenvalue weighted by molar-refractivity contribution is 6.31. The molecule has 0 spiro atoms. The Kier molecular flexibility index (Phi) is 3.05. The van der Waals surface area contributed by atoms with Gasteiger partial charge in [-0.25, -0.2) is 0 Å². The molecule has 1 aromatic carbocycles. The van der Waals surface area contributed by atoms with E-state index in [0.717, 1.165) is 22.4 Å². The minimum Gasteiger partial charge on any atom is -0.459 e. The predicted molar refractivity (Wildman–Crippen MR) is 75.3 cm³/mol. The first-order valence-corrected chi connectivity index (χ1v) is 6.41. The first-order valence-electron chi connectivity index (χ1n) is 6.03. The van der Waals surface area contributed by atoms with E-state index in [4.69, 9.17) is 16.0 Å². The number of aryl methyl sites for hydroxylation is 1. The van der Waals surface area contributed by atoms with Crippen LogP contribution in [0.25, 0.3) is 11.0 Å². The number of nitrogens with zero attached hydrogens (tertiary/aromatic N) is 2. The third kappa shape index (κ3) is 2.25. The van der Waals surface area contributed by atoms with Crippen LogP contribution in [0, 0.1) is 0 Å². The molecule has 98 valence electrons.